The average Bonchev–Trinajstić information content (AvgIpc) is 2.56. The van der Waals surface area contributed by atoms with Crippen molar-refractivity contribution in [1.82, 2.24) is 5.32 Å². The zero-order valence-electron chi connectivity index (χ0n) is 15.4. The molecule has 0 spiro atoms. The Morgan fingerprint density at radius 1 is 1.11 bits per heavy atom. The number of ether oxygens (including phenoxy) is 3. The van der Waals surface area contributed by atoms with E-state index in [4.69, 9.17) is 14.2 Å². The van der Waals surface area contributed by atoms with Gasteiger partial charge in [-0.05, 0) is 32.9 Å². The van der Waals surface area contributed by atoms with E-state index in [0.717, 1.165) is 0 Å². The molecule has 1 aromatic carbocycles. The van der Waals surface area contributed by atoms with Gasteiger partial charge in [-0.15, -0.1) is 0 Å². The molecule has 0 heterocycles. The number of amides is 1. The molecule has 0 fully saturated rings. The standard InChI is InChI=1S/C17H22N2O8/c1-17(2,3)27-15(21)9-8-14(20)18-10-11-25-16(22)26-13-6-4-12(5-7-13)19(23)24/h4-7H,8-11H2,1-3H3,(H,18,20). The number of benzene rings is 1. The normalized spacial score (nSPS) is 10.6. The monoisotopic (exact) mass is 382 g/mol. The second-order valence-electron chi connectivity index (χ2n) is 6.39. The summed E-state index contributed by atoms with van der Waals surface area (Å²) >= 11 is 0. The lowest BCUT2D eigenvalue weighted by molar-refractivity contribution is -0.384. The zero-order valence-corrected chi connectivity index (χ0v) is 15.4. The first-order chi connectivity index (χ1) is 12.6. The van der Waals surface area contributed by atoms with E-state index in [1.165, 1.54) is 24.3 Å². The Bertz CT molecular complexity index is 679. The second-order valence-corrected chi connectivity index (χ2v) is 6.39. The summed E-state index contributed by atoms with van der Waals surface area (Å²) in [6.07, 6.45) is -1.10. The number of rotatable bonds is 8. The van der Waals surface area contributed by atoms with Crippen LogP contribution in [0.3, 0.4) is 0 Å². The number of nitro benzene ring substituents is 1. The van der Waals surface area contributed by atoms with Gasteiger partial charge in [-0.2, -0.15) is 0 Å². The predicted molar refractivity (Wildman–Crippen MR) is 93.2 cm³/mol. The molecule has 0 saturated carbocycles. The van der Waals surface area contributed by atoms with Gasteiger partial charge >= 0.3 is 12.1 Å². The highest BCUT2D eigenvalue weighted by Crippen LogP contribution is 2.17. The molecule has 0 aliphatic rings. The molecule has 0 radical (unpaired) electrons. The molecule has 1 rings (SSSR count). The van der Waals surface area contributed by atoms with Gasteiger partial charge in [0.2, 0.25) is 5.91 Å². The summed E-state index contributed by atoms with van der Waals surface area (Å²) in [7, 11) is 0. The number of hydrogen-bond acceptors (Lipinski definition) is 8. The third-order valence-corrected chi connectivity index (χ3v) is 2.87. The van der Waals surface area contributed by atoms with Crippen molar-refractivity contribution in [3.05, 3.63) is 34.4 Å². The van der Waals surface area contributed by atoms with Crippen LogP contribution in [0.5, 0.6) is 5.75 Å². The van der Waals surface area contributed by atoms with E-state index in [1.54, 1.807) is 20.8 Å². The van der Waals surface area contributed by atoms with Crippen molar-refractivity contribution in [2.24, 2.45) is 0 Å². The maximum absolute atomic E-state index is 11.6. The summed E-state index contributed by atoms with van der Waals surface area (Å²) in [5.41, 5.74) is -0.740. The Labute approximate surface area is 155 Å². The van der Waals surface area contributed by atoms with Crippen molar-refractivity contribution >= 4 is 23.7 Å². The van der Waals surface area contributed by atoms with Crippen molar-refractivity contribution in [2.45, 2.75) is 39.2 Å². The molecule has 1 N–H and O–H groups in total. The van der Waals surface area contributed by atoms with Gasteiger partial charge in [0.1, 0.15) is 18.0 Å². The summed E-state index contributed by atoms with van der Waals surface area (Å²) < 4.78 is 14.7. The number of carbonyl (C=O) groups is 3. The fourth-order valence-electron chi connectivity index (χ4n) is 1.78. The fourth-order valence-corrected chi connectivity index (χ4v) is 1.78. The largest absolute Gasteiger partial charge is 0.513 e. The smallest absolute Gasteiger partial charge is 0.460 e. The summed E-state index contributed by atoms with van der Waals surface area (Å²) in [6, 6.07) is 4.90. The summed E-state index contributed by atoms with van der Waals surface area (Å²) in [5, 5.41) is 13.0. The van der Waals surface area contributed by atoms with Gasteiger partial charge in [-0.25, -0.2) is 4.79 Å². The van der Waals surface area contributed by atoms with E-state index in [1.807, 2.05) is 0 Å². The van der Waals surface area contributed by atoms with Crippen LogP contribution in [0.4, 0.5) is 10.5 Å². The third-order valence-electron chi connectivity index (χ3n) is 2.87. The van der Waals surface area contributed by atoms with Gasteiger partial charge in [0.15, 0.2) is 0 Å². The van der Waals surface area contributed by atoms with Crippen LogP contribution in [0.25, 0.3) is 0 Å². The van der Waals surface area contributed by atoms with Crippen LogP contribution in [0.15, 0.2) is 24.3 Å². The lowest BCUT2D eigenvalue weighted by Gasteiger charge is -2.19. The SMILES string of the molecule is CC(C)(C)OC(=O)CCC(=O)NCCOC(=O)Oc1ccc([N+](=O)[O-])cc1. The lowest BCUT2D eigenvalue weighted by Crippen LogP contribution is -2.30. The molecular weight excluding hydrogens is 360 g/mol. The topological polar surface area (TPSA) is 134 Å². The van der Waals surface area contributed by atoms with E-state index in [0.29, 0.717) is 0 Å². The molecule has 148 valence electrons. The second kappa shape index (κ2) is 10.1. The van der Waals surface area contributed by atoms with Crippen molar-refractivity contribution in [3.8, 4) is 5.75 Å². The van der Waals surface area contributed by atoms with Gasteiger partial charge in [0, 0.05) is 18.6 Å². The van der Waals surface area contributed by atoms with Gasteiger partial charge in [0.05, 0.1) is 17.9 Å². The lowest BCUT2D eigenvalue weighted by atomic mass is 10.2. The van der Waals surface area contributed by atoms with Crippen molar-refractivity contribution in [3.63, 3.8) is 0 Å². The number of esters is 1. The minimum Gasteiger partial charge on any atom is -0.460 e. The molecule has 0 atom stereocenters. The number of nitrogens with zero attached hydrogens (tertiary/aromatic N) is 1. The van der Waals surface area contributed by atoms with E-state index in [9.17, 15) is 24.5 Å². The molecule has 27 heavy (non-hydrogen) atoms. The van der Waals surface area contributed by atoms with Crippen molar-refractivity contribution in [2.75, 3.05) is 13.2 Å². The quantitative estimate of drug-likeness (QED) is 0.238. The molecule has 0 saturated heterocycles. The van der Waals surface area contributed by atoms with Crippen molar-refractivity contribution in [1.29, 1.82) is 0 Å². The van der Waals surface area contributed by atoms with E-state index < -0.39 is 22.6 Å². The molecule has 0 aliphatic carbocycles. The van der Waals surface area contributed by atoms with Gasteiger partial charge in [-0.1, -0.05) is 0 Å². The van der Waals surface area contributed by atoms with Crippen LogP contribution >= 0.6 is 0 Å². The van der Waals surface area contributed by atoms with Crippen LogP contribution in [0.1, 0.15) is 33.6 Å². The van der Waals surface area contributed by atoms with Crippen LogP contribution < -0.4 is 10.1 Å². The van der Waals surface area contributed by atoms with E-state index in [2.05, 4.69) is 5.32 Å². The van der Waals surface area contributed by atoms with Gasteiger partial charge < -0.3 is 19.5 Å². The Morgan fingerprint density at radius 2 is 1.74 bits per heavy atom. The van der Waals surface area contributed by atoms with E-state index in [-0.39, 0.29) is 43.3 Å². The highest BCUT2D eigenvalue weighted by atomic mass is 16.7. The number of carbonyl (C=O) groups excluding carboxylic acids is 3. The molecule has 0 aliphatic heterocycles. The minimum absolute atomic E-state index is 0.0395. The maximum atomic E-state index is 11.6. The Hall–Kier alpha value is -3.17. The van der Waals surface area contributed by atoms with Gasteiger partial charge in [-0.3, -0.25) is 19.7 Å². The zero-order chi connectivity index (χ0) is 20.4. The molecule has 10 nitrogen and oxygen atoms in total. The van der Waals surface area contributed by atoms with Crippen LogP contribution in [0, 0.1) is 10.1 Å². The number of nitro groups is 1. The summed E-state index contributed by atoms with van der Waals surface area (Å²) in [5.74, 6) is -0.763. The highest BCUT2D eigenvalue weighted by Gasteiger charge is 2.17. The number of hydrogen-bond donors (Lipinski definition) is 1. The first-order valence-electron chi connectivity index (χ1n) is 8.14. The van der Waals surface area contributed by atoms with Crippen molar-refractivity contribution < 1.29 is 33.5 Å². The van der Waals surface area contributed by atoms with Crippen LogP contribution in [-0.2, 0) is 19.1 Å². The first-order valence-corrected chi connectivity index (χ1v) is 8.14. The molecular formula is C17H22N2O8. The Morgan fingerprint density at radius 3 is 2.30 bits per heavy atom. The average molecular weight is 382 g/mol. The summed E-state index contributed by atoms with van der Waals surface area (Å²) in [4.78, 5) is 44.5. The molecule has 0 bridgehead atoms. The molecule has 1 aromatic rings. The highest BCUT2D eigenvalue weighted by molar-refractivity contribution is 5.81. The number of nitrogens with one attached hydrogen (secondary N) is 1. The molecule has 1 amide bonds. The maximum Gasteiger partial charge on any atom is 0.513 e. The molecule has 0 aromatic heterocycles. The van der Waals surface area contributed by atoms with Crippen LogP contribution in [-0.4, -0.2) is 41.7 Å². The molecule has 0 unspecified atom stereocenters. The number of non-ortho nitro benzene ring substituents is 1. The van der Waals surface area contributed by atoms with Gasteiger partial charge in [0.25, 0.3) is 5.69 Å². The minimum atomic E-state index is -1.01. The Kier molecular flexibility index (Phi) is 8.18. The third kappa shape index (κ3) is 9.78. The Balaban J connectivity index is 2.19. The predicted octanol–water partition coefficient (Wildman–Crippen LogP) is 2.35. The summed E-state index contributed by atoms with van der Waals surface area (Å²) in [6.45, 7) is 5.11. The van der Waals surface area contributed by atoms with Crippen LogP contribution in [0.2, 0.25) is 0 Å². The van der Waals surface area contributed by atoms with E-state index >= 15 is 0 Å². The molecule has 10 heteroatoms. The fraction of sp³-hybridized carbons (Fsp3) is 0.471. The first kappa shape index (κ1) is 21.9.